The van der Waals surface area contributed by atoms with E-state index < -0.39 is 0 Å². The topological polar surface area (TPSA) is 61.0 Å². The lowest BCUT2D eigenvalue weighted by Crippen LogP contribution is -2.01. The van der Waals surface area contributed by atoms with Gasteiger partial charge in [0, 0.05) is 18.7 Å². The number of aryl methyl sites for hydroxylation is 1. The van der Waals surface area contributed by atoms with Crippen molar-refractivity contribution in [3.05, 3.63) is 41.6 Å². The third-order valence-electron chi connectivity index (χ3n) is 2.37. The Balaban J connectivity index is 2.44. The van der Waals surface area contributed by atoms with Crippen LogP contribution in [0.1, 0.15) is 11.3 Å². The van der Waals surface area contributed by atoms with E-state index in [-0.39, 0.29) is 0 Å². The summed E-state index contributed by atoms with van der Waals surface area (Å²) in [5.74, 6) is 1.10. The van der Waals surface area contributed by atoms with Crippen LogP contribution in [0.4, 0.5) is 5.82 Å². The van der Waals surface area contributed by atoms with Crippen LogP contribution in [0.3, 0.4) is 0 Å². The van der Waals surface area contributed by atoms with Crippen LogP contribution in [0.2, 0.25) is 0 Å². The molecule has 2 rings (SSSR count). The molecule has 0 saturated carbocycles. The zero-order valence-corrected chi connectivity index (χ0v) is 9.97. The second-order valence-electron chi connectivity index (χ2n) is 3.91. The molecular formula is C13H15N3O. The number of nitrogen functional groups attached to an aromatic ring is 1. The standard InChI is InChI=1S/C13H15N3O/c1-9-4-3-5-10(6-9)13-15-11(8-17-2)7-12(14)16-13/h3-7H,8H2,1-2H3,(H2,14,15,16). The highest BCUT2D eigenvalue weighted by Crippen LogP contribution is 2.18. The Labute approximate surface area is 100 Å². The van der Waals surface area contributed by atoms with Crippen molar-refractivity contribution in [3.8, 4) is 11.4 Å². The number of hydrogen-bond acceptors (Lipinski definition) is 4. The van der Waals surface area contributed by atoms with Gasteiger partial charge in [-0.2, -0.15) is 0 Å². The maximum atomic E-state index is 5.76. The fraction of sp³-hybridized carbons (Fsp3) is 0.231. The summed E-state index contributed by atoms with van der Waals surface area (Å²) in [7, 11) is 1.63. The molecule has 0 atom stereocenters. The van der Waals surface area contributed by atoms with Gasteiger partial charge in [-0.25, -0.2) is 9.97 Å². The van der Waals surface area contributed by atoms with Crippen molar-refractivity contribution in [3.63, 3.8) is 0 Å². The summed E-state index contributed by atoms with van der Waals surface area (Å²) < 4.78 is 5.05. The van der Waals surface area contributed by atoms with Crippen molar-refractivity contribution in [2.24, 2.45) is 0 Å². The van der Waals surface area contributed by atoms with Crippen molar-refractivity contribution in [2.45, 2.75) is 13.5 Å². The minimum Gasteiger partial charge on any atom is -0.384 e. The highest BCUT2D eigenvalue weighted by atomic mass is 16.5. The minimum absolute atomic E-state index is 0.436. The van der Waals surface area contributed by atoms with Crippen molar-refractivity contribution >= 4 is 5.82 Å². The van der Waals surface area contributed by atoms with Gasteiger partial charge >= 0.3 is 0 Å². The minimum atomic E-state index is 0.436. The van der Waals surface area contributed by atoms with Crippen LogP contribution < -0.4 is 5.73 Å². The molecule has 4 heteroatoms. The van der Waals surface area contributed by atoms with Gasteiger partial charge in [0.2, 0.25) is 0 Å². The molecule has 0 amide bonds. The van der Waals surface area contributed by atoms with Crippen molar-refractivity contribution in [1.82, 2.24) is 9.97 Å². The van der Waals surface area contributed by atoms with Crippen LogP contribution in [-0.2, 0) is 11.3 Å². The SMILES string of the molecule is COCc1cc(N)nc(-c2cccc(C)c2)n1. The fourth-order valence-electron chi connectivity index (χ4n) is 1.65. The van der Waals surface area contributed by atoms with Gasteiger partial charge in [0.1, 0.15) is 5.82 Å². The lowest BCUT2D eigenvalue weighted by Gasteiger charge is -2.05. The molecule has 88 valence electrons. The molecule has 0 aliphatic heterocycles. The average molecular weight is 229 g/mol. The number of nitrogens with zero attached hydrogens (tertiary/aromatic N) is 2. The van der Waals surface area contributed by atoms with Crippen molar-refractivity contribution in [2.75, 3.05) is 12.8 Å². The van der Waals surface area contributed by atoms with Gasteiger partial charge in [0.05, 0.1) is 12.3 Å². The van der Waals surface area contributed by atoms with E-state index in [4.69, 9.17) is 10.5 Å². The van der Waals surface area contributed by atoms with Crippen molar-refractivity contribution in [1.29, 1.82) is 0 Å². The van der Waals surface area contributed by atoms with E-state index in [1.807, 2.05) is 31.2 Å². The Morgan fingerprint density at radius 3 is 2.76 bits per heavy atom. The molecular weight excluding hydrogens is 214 g/mol. The largest absolute Gasteiger partial charge is 0.384 e. The van der Waals surface area contributed by atoms with Crippen LogP contribution >= 0.6 is 0 Å². The summed E-state index contributed by atoms with van der Waals surface area (Å²) >= 11 is 0. The molecule has 0 spiro atoms. The Morgan fingerprint density at radius 1 is 1.24 bits per heavy atom. The smallest absolute Gasteiger partial charge is 0.161 e. The summed E-state index contributed by atoms with van der Waals surface area (Å²) in [6, 6.07) is 9.74. The molecule has 0 aliphatic carbocycles. The Kier molecular flexibility index (Phi) is 3.35. The molecule has 17 heavy (non-hydrogen) atoms. The number of hydrogen-bond donors (Lipinski definition) is 1. The van der Waals surface area contributed by atoms with Crippen LogP contribution in [-0.4, -0.2) is 17.1 Å². The van der Waals surface area contributed by atoms with E-state index in [1.165, 1.54) is 5.56 Å². The van der Waals surface area contributed by atoms with Crippen LogP contribution in [0.15, 0.2) is 30.3 Å². The predicted molar refractivity (Wildman–Crippen MR) is 67.3 cm³/mol. The maximum Gasteiger partial charge on any atom is 0.161 e. The average Bonchev–Trinajstić information content (AvgIpc) is 2.28. The molecule has 2 aromatic rings. The first-order valence-electron chi connectivity index (χ1n) is 5.38. The molecule has 0 fully saturated rings. The lowest BCUT2D eigenvalue weighted by molar-refractivity contribution is 0.181. The van der Waals surface area contributed by atoms with Crippen LogP contribution in [0.5, 0.6) is 0 Å². The summed E-state index contributed by atoms with van der Waals surface area (Å²) in [4.78, 5) is 8.66. The number of rotatable bonds is 3. The van der Waals surface area contributed by atoms with Gasteiger partial charge in [0.25, 0.3) is 0 Å². The van der Waals surface area contributed by atoms with Gasteiger partial charge in [0.15, 0.2) is 5.82 Å². The Bertz CT molecular complexity index is 526. The van der Waals surface area contributed by atoms with E-state index in [9.17, 15) is 0 Å². The molecule has 0 saturated heterocycles. The molecule has 4 nitrogen and oxygen atoms in total. The van der Waals surface area contributed by atoms with E-state index in [0.717, 1.165) is 11.3 Å². The summed E-state index contributed by atoms with van der Waals surface area (Å²) in [6.45, 7) is 2.47. The number of benzene rings is 1. The van der Waals surface area contributed by atoms with E-state index in [1.54, 1.807) is 13.2 Å². The number of ether oxygens (including phenoxy) is 1. The van der Waals surface area contributed by atoms with Crippen molar-refractivity contribution < 1.29 is 4.74 Å². The van der Waals surface area contributed by atoms with Gasteiger partial charge in [-0.05, 0) is 13.0 Å². The highest BCUT2D eigenvalue weighted by molar-refractivity contribution is 5.57. The van der Waals surface area contributed by atoms with Gasteiger partial charge in [-0.15, -0.1) is 0 Å². The Hall–Kier alpha value is -1.94. The first-order chi connectivity index (χ1) is 8.19. The lowest BCUT2D eigenvalue weighted by atomic mass is 10.1. The normalized spacial score (nSPS) is 10.5. The van der Waals surface area contributed by atoms with Crippen LogP contribution in [0.25, 0.3) is 11.4 Å². The molecule has 0 radical (unpaired) electrons. The molecule has 1 heterocycles. The first-order valence-corrected chi connectivity index (χ1v) is 5.38. The number of methoxy groups -OCH3 is 1. The molecule has 0 aliphatic rings. The zero-order valence-electron chi connectivity index (χ0n) is 9.97. The summed E-state index contributed by atoms with van der Waals surface area (Å²) in [5, 5.41) is 0. The third kappa shape index (κ3) is 2.79. The summed E-state index contributed by atoms with van der Waals surface area (Å²) in [6.07, 6.45) is 0. The molecule has 1 aromatic heterocycles. The highest BCUT2D eigenvalue weighted by Gasteiger charge is 2.05. The number of anilines is 1. The van der Waals surface area contributed by atoms with Gasteiger partial charge < -0.3 is 10.5 Å². The first kappa shape index (κ1) is 11.5. The second kappa shape index (κ2) is 4.93. The quantitative estimate of drug-likeness (QED) is 0.876. The molecule has 1 aromatic carbocycles. The number of aromatic nitrogens is 2. The van der Waals surface area contributed by atoms with Gasteiger partial charge in [-0.1, -0.05) is 23.8 Å². The molecule has 0 unspecified atom stereocenters. The second-order valence-corrected chi connectivity index (χ2v) is 3.91. The van der Waals surface area contributed by atoms with E-state index in [2.05, 4.69) is 9.97 Å². The van der Waals surface area contributed by atoms with E-state index >= 15 is 0 Å². The monoisotopic (exact) mass is 229 g/mol. The molecule has 2 N–H and O–H groups in total. The maximum absolute atomic E-state index is 5.76. The predicted octanol–water partition coefficient (Wildman–Crippen LogP) is 2.18. The fourth-order valence-corrected chi connectivity index (χ4v) is 1.65. The van der Waals surface area contributed by atoms with E-state index in [0.29, 0.717) is 18.2 Å². The van der Waals surface area contributed by atoms with Crippen LogP contribution in [0, 0.1) is 6.92 Å². The third-order valence-corrected chi connectivity index (χ3v) is 2.37. The Morgan fingerprint density at radius 2 is 2.06 bits per heavy atom. The molecule has 0 bridgehead atoms. The summed E-state index contributed by atoms with van der Waals surface area (Å²) in [5.41, 5.74) is 8.68. The zero-order chi connectivity index (χ0) is 12.3. The van der Waals surface area contributed by atoms with Gasteiger partial charge in [-0.3, -0.25) is 0 Å². The number of nitrogens with two attached hydrogens (primary N) is 1.